The summed E-state index contributed by atoms with van der Waals surface area (Å²) in [5, 5.41) is 10.9. The van der Waals surface area contributed by atoms with E-state index in [2.05, 4.69) is 72.8 Å². The van der Waals surface area contributed by atoms with Crippen LogP contribution in [0.15, 0.2) is 72.8 Å². The molecule has 1 nitrogen and oxygen atoms in total. The van der Waals surface area contributed by atoms with Gasteiger partial charge in [0.05, 0.1) is 0 Å². The van der Waals surface area contributed by atoms with Crippen molar-refractivity contribution in [2.75, 3.05) is 0 Å². The molecule has 0 spiro atoms. The number of hydrogen-bond donors (Lipinski definition) is 1. The fraction of sp³-hybridized carbons (Fsp3) is 0. The molecular weight excluding hydrogens is 265 g/mol. The van der Waals surface area contributed by atoms with Crippen molar-refractivity contribution in [3.8, 4) is 0 Å². The zero-order valence-corrected chi connectivity index (χ0v) is 12.2. The molecule has 0 unspecified atom stereocenters. The minimum atomic E-state index is 0. The summed E-state index contributed by atoms with van der Waals surface area (Å²) in [4.78, 5) is 0. The van der Waals surface area contributed by atoms with E-state index in [1.54, 1.807) is 0 Å². The van der Waals surface area contributed by atoms with E-state index in [4.69, 9.17) is 0 Å². The smallest absolute Gasteiger partial charge is 0 e. The van der Waals surface area contributed by atoms with Crippen LogP contribution in [0.5, 0.6) is 0 Å². The van der Waals surface area contributed by atoms with Gasteiger partial charge in [0.25, 0.3) is 0 Å². The van der Waals surface area contributed by atoms with E-state index in [0.717, 1.165) is 0 Å². The Morgan fingerprint density at radius 3 is 0.955 bits per heavy atom. The average molecular weight is 280 g/mol. The van der Waals surface area contributed by atoms with Gasteiger partial charge < -0.3 is 6.15 Å². The molecule has 0 saturated heterocycles. The highest BCUT2D eigenvalue weighted by Crippen LogP contribution is 2.39. The lowest BCUT2D eigenvalue weighted by molar-refractivity contribution is 1.78. The SMILES string of the molecule is N.[B].c1cc2cccc3c4cccc5cccc(c(c1)c23)c54. The summed E-state index contributed by atoms with van der Waals surface area (Å²) in [7, 11) is 0. The highest BCUT2D eigenvalue weighted by atomic mass is 14.1. The zero-order valence-electron chi connectivity index (χ0n) is 12.2. The predicted molar refractivity (Wildman–Crippen MR) is 98.4 cm³/mol. The molecular formula is C20H15BN. The molecule has 3 N–H and O–H groups in total. The van der Waals surface area contributed by atoms with Crippen molar-refractivity contribution in [3.05, 3.63) is 72.8 Å². The minimum absolute atomic E-state index is 0. The predicted octanol–water partition coefficient (Wildman–Crippen LogP) is 5.52. The maximum atomic E-state index is 2.25. The molecule has 2 heteroatoms. The maximum absolute atomic E-state index is 2.25. The lowest BCUT2D eigenvalue weighted by Gasteiger charge is -2.13. The first-order valence-electron chi connectivity index (χ1n) is 6.98. The van der Waals surface area contributed by atoms with Gasteiger partial charge in [0.15, 0.2) is 0 Å². The molecule has 0 saturated carbocycles. The van der Waals surface area contributed by atoms with Crippen LogP contribution in [0.4, 0.5) is 0 Å². The molecule has 3 radical (unpaired) electrons. The molecule has 0 aromatic heterocycles. The maximum Gasteiger partial charge on any atom is 0 e. The molecule has 5 rings (SSSR count). The second-order valence-electron chi connectivity index (χ2n) is 5.42. The summed E-state index contributed by atoms with van der Waals surface area (Å²) in [6.45, 7) is 0. The van der Waals surface area contributed by atoms with Crippen molar-refractivity contribution in [1.82, 2.24) is 6.15 Å². The van der Waals surface area contributed by atoms with Crippen LogP contribution >= 0.6 is 0 Å². The molecule has 0 fully saturated rings. The van der Waals surface area contributed by atoms with Crippen molar-refractivity contribution >= 4 is 51.5 Å². The first-order valence-corrected chi connectivity index (χ1v) is 6.98. The van der Waals surface area contributed by atoms with Crippen molar-refractivity contribution in [2.24, 2.45) is 0 Å². The Bertz CT molecular complexity index is 929. The lowest BCUT2D eigenvalue weighted by atomic mass is 9.90. The second-order valence-corrected chi connectivity index (χ2v) is 5.42. The van der Waals surface area contributed by atoms with E-state index >= 15 is 0 Å². The van der Waals surface area contributed by atoms with Gasteiger partial charge >= 0.3 is 0 Å². The third-order valence-corrected chi connectivity index (χ3v) is 4.39. The molecule has 0 aliphatic carbocycles. The van der Waals surface area contributed by atoms with Crippen molar-refractivity contribution in [1.29, 1.82) is 0 Å². The van der Waals surface area contributed by atoms with Gasteiger partial charge in [-0.05, 0) is 43.1 Å². The Labute approximate surface area is 131 Å². The zero-order chi connectivity index (χ0) is 13.1. The molecule has 0 bridgehead atoms. The van der Waals surface area contributed by atoms with Crippen molar-refractivity contribution in [3.63, 3.8) is 0 Å². The molecule has 22 heavy (non-hydrogen) atoms. The normalized spacial score (nSPS) is 10.9. The summed E-state index contributed by atoms with van der Waals surface area (Å²) in [6.07, 6.45) is 0. The topological polar surface area (TPSA) is 35.0 Å². The quantitative estimate of drug-likeness (QED) is 0.226. The van der Waals surface area contributed by atoms with Gasteiger partial charge in [-0.15, -0.1) is 0 Å². The van der Waals surface area contributed by atoms with E-state index in [0.29, 0.717) is 0 Å². The summed E-state index contributed by atoms with van der Waals surface area (Å²) in [6, 6.07) is 26.4. The van der Waals surface area contributed by atoms with Crippen molar-refractivity contribution in [2.45, 2.75) is 0 Å². The number of rotatable bonds is 0. The second kappa shape index (κ2) is 5.01. The van der Waals surface area contributed by atoms with Crippen LogP contribution in [0, 0.1) is 0 Å². The molecule has 0 aliphatic rings. The molecule has 0 amide bonds. The molecule has 0 atom stereocenters. The highest BCUT2D eigenvalue weighted by molar-refractivity contribution is 6.32. The van der Waals surface area contributed by atoms with Gasteiger partial charge in [-0.1, -0.05) is 72.8 Å². The molecule has 5 aromatic rings. The minimum Gasteiger partial charge on any atom is -0.344 e. The van der Waals surface area contributed by atoms with Crippen LogP contribution in [-0.4, -0.2) is 8.41 Å². The fourth-order valence-corrected chi connectivity index (χ4v) is 3.58. The number of fused-ring (bicyclic) bond motifs is 2. The van der Waals surface area contributed by atoms with Crippen LogP contribution in [-0.2, 0) is 0 Å². The average Bonchev–Trinajstić information content (AvgIpc) is 2.52. The standard InChI is InChI=1S/C20H12.B.H3N/c1-5-13-6-2-11-17-18-12-4-8-14-7-3-10-16(20(14)18)15(9-1)19(13)17;;/h1-12H;;1H3. The Hall–Kier alpha value is -2.58. The van der Waals surface area contributed by atoms with Crippen LogP contribution in [0.2, 0.25) is 0 Å². The Kier molecular flexibility index (Phi) is 3.27. The van der Waals surface area contributed by atoms with E-state index in [-0.39, 0.29) is 14.6 Å². The Balaban J connectivity index is 0.000000720. The van der Waals surface area contributed by atoms with Crippen LogP contribution in [0.1, 0.15) is 0 Å². The van der Waals surface area contributed by atoms with Crippen LogP contribution in [0.25, 0.3) is 43.1 Å². The molecule has 0 heterocycles. The van der Waals surface area contributed by atoms with Gasteiger partial charge in [-0.25, -0.2) is 0 Å². The van der Waals surface area contributed by atoms with E-state index in [1.807, 2.05) is 0 Å². The largest absolute Gasteiger partial charge is 0.344 e. The number of hydrogen-bond acceptors (Lipinski definition) is 1. The summed E-state index contributed by atoms with van der Waals surface area (Å²) in [5.74, 6) is 0. The third-order valence-electron chi connectivity index (χ3n) is 4.39. The fourth-order valence-electron chi connectivity index (χ4n) is 3.58. The molecule has 103 valence electrons. The monoisotopic (exact) mass is 280 g/mol. The summed E-state index contributed by atoms with van der Waals surface area (Å²) in [5.41, 5.74) is 0. The van der Waals surface area contributed by atoms with E-state index < -0.39 is 0 Å². The van der Waals surface area contributed by atoms with Gasteiger partial charge in [-0.2, -0.15) is 0 Å². The Morgan fingerprint density at radius 1 is 0.409 bits per heavy atom. The molecule has 5 aromatic carbocycles. The van der Waals surface area contributed by atoms with Crippen molar-refractivity contribution < 1.29 is 0 Å². The summed E-state index contributed by atoms with van der Waals surface area (Å²) >= 11 is 0. The van der Waals surface area contributed by atoms with Gasteiger partial charge in [-0.3, -0.25) is 0 Å². The first kappa shape index (κ1) is 14.4. The van der Waals surface area contributed by atoms with Gasteiger partial charge in [0.1, 0.15) is 0 Å². The number of benzene rings is 5. The van der Waals surface area contributed by atoms with Gasteiger partial charge in [0, 0.05) is 8.41 Å². The third kappa shape index (κ3) is 1.65. The van der Waals surface area contributed by atoms with Crippen LogP contribution < -0.4 is 6.15 Å². The van der Waals surface area contributed by atoms with E-state index in [1.165, 1.54) is 43.1 Å². The molecule has 0 aliphatic heterocycles. The van der Waals surface area contributed by atoms with Gasteiger partial charge in [0.2, 0.25) is 0 Å². The summed E-state index contributed by atoms with van der Waals surface area (Å²) < 4.78 is 0. The Morgan fingerprint density at radius 2 is 0.682 bits per heavy atom. The van der Waals surface area contributed by atoms with E-state index in [9.17, 15) is 0 Å². The van der Waals surface area contributed by atoms with Crippen LogP contribution in [0.3, 0.4) is 0 Å². The highest BCUT2D eigenvalue weighted by Gasteiger charge is 2.11. The first-order chi connectivity index (χ1) is 9.93. The lowest BCUT2D eigenvalue weighted by Crippen LogP contribution is -1.85.